The highest BCUT2D eigenvalue weighted by Crippen LogP contribution is 2.32. The standard InChI is InChI=1S/C22H24N2O2S/c25-14-6-13-24-20-12-4-3-11-19(20)21(23-22(24)26)27-15-17-9-5-8-16-7-1-2-10-18(16)17/h1-2,5,7-10,25H,3-4,6,11-15H2. The van der Waals surface area contributed by atoms with Gasteiger partial charge in [-0.1, -0.05) is 42.5 Å². The number of hydrogen-bond acceptors (Lipinski definition) is 4. The molecule has 140 valence electrons. The van der Waals surface area contributed by atoms with Crippen LogP contribution in [0.25, 0.3) is 10.8 Å². The smallest absolute Gasteiger partial charge is 0.348 e. The molecule has 0 saturated carbocycles. The molecular weight excluding hydrogens is 356 g/mol. The van der Waals surface area contributed by atoms with Crippen LogP contribution in [0.5, 0.6) is 0 Å². The zero-order valence-corrected chi connectivity index (χ0v) is 16.2. The van der Waals surface area contributed by atoms with Crippen molar-refractivity contribution in [1.29, 1.82) is 0 Å². The van der Waals surface area contributed by atoms with E-state index in [1.54, 1.807) is 16.3 Å². The van der Waals surface area contributed by atoms with Gasteiger partial charge in [-0.05, 0) is 48.4 Å². The van der Waals surface area contributed by atoms with E-state index in [2.05, 4.69) is 47.4 Å². The third kappa shape index (κ3) is 3.80. The maximum Gasteiger partial charge on any atom is 0.348 e. The van der Waals surface area contributed by atoms with Crippen LogP contribution < -0.4 is 5.69 Å². The van der Waals surface area contributed by atoms with Crippen LogP contribution in [0.1, 0.15) is 36.1 Å². The summed E-state index contributed by atoms with van der Waals surface area (Å²) in [6.45, 7) is 0.651. The summed E-state index contributed by atoms with van der Waals surface area (Å²) < 4.78 is 1.78. The van der Waals surface area contributed by atoms with Gasteiger partial charge in [0.05, 0.1) is 0 Å². The Labute approximate surface area is 163 Å². The van der Waals surface area contributed by atoms with Crippen molar-refractivity contribution in [3.05, 3.63) is 69.8 Å². The number of aliphatic hydroxyl groups excluding tert-OH is 1. The van der Waals surface area contributed by atoms with Gasteiger partial charge in [0.15, 0.2) is 0 Å². The summed E-state index contributed by atoms with van der Waals surface area (Å²) in [4.78, 5) is 17.0. The van der Waals surface area contributed by atoms with Crippen molar-refractivity contribution in [1.82, 2.24) is 9.55 Å². The molecule has 0 bridgehead atoms. The van der Waals surface area contributed by atoms with Crippen LogP contribution in [0.4, 0.5) is 0 Å². The predicted octanol–water partition coefficient (Wildman–Crippen LogP) is 3.95. The number of thioether (sulfide) groups is 1. The van der Waals surface area contributed by atoms with Crippen molar-refractivity contribution >= 4 is 22.5 Å². The van der Waals surface area contributed by atoms with Crippen molar-refractivity contribution in [2.45, 2.75) is 49.4 Å². The molecule has 1 aromatic heterocycles. The van der Waals surface area contributed by atoms with Gasteiger partial charge in [0.1, 0.15) is 5.03 Å². The number of aromatic nitrogens is 2. The van der Waals surface area contributed by atoms with E-state index in [0.717, 1.165) is 42.2 Å². The van der Waals surface area contributed by atoms with Crippen molar-refractivity contribution < 1.29 is 5.11 Å². The number of aliphatic hydroxyl groups is 1. The summed E-state index contributed by atoms with van der Waals surface area (Å²) >= 11 is 1.68. The lowest BCUT2D eigenvalue weighted by Gasteiger charge is -2.22. The zero-order valence-electron chi connectivity index (χ0n) is 15.4. The lowest BCUT2D eigenvalue weighted by Crippen LogP contribution is -2.30. The first-order chi connectivity index (χ1) is 13.3. The van der Waals surface area contributed by atoms with Gasteiger partial charge in [0.2, 0.25) is 0 Å². The first-order valence-corrected chi connectivity index (χ1v) is 10.6. The second-order valence-electron chi connectivity index (χ2n) is 6.99. The van der Waals surface area contributed by atoms with Crippen molar-refractivity contribution in [2.75, 3.05) is 6.61 Å². The molecule has 1 N–H and O–H groups in total. The molecule has 1 aliphatic carbocycles. The average molecular weight is 381 g/mol. The van der Waals surface area contributed by atoms with E-state index >= 15 is 0 Å². The van der Waals surface area contributed by atoms with E-state index in [4.69, 9.17) is 5.11 Å². The fourth-order valence-corrected chi connectivity index (χ4v) is 4.97. The molecule has 0 amide bonds. The molecule has 0 radical (unpaired) electrons. The molecule has 1 aliphatic rings. The van der Waals surface area contributed by atoms with Crippen LogP contribution in [0.15, 0.2) is 52.3 Å². The Morgan fingerprint density at radius 1 is 1.07 bits per heavy atom. The monoisotopic (exact) mass is 380 g/mol. The lowest BCUT2D eigenvalue weighted by atomic mass is 9.97. The molecule has 0 fully saturated rings. The van der Waals surface area contributed by atoms with E-state index in [1.807, 2.05) is 0 Å². The Bertz CT molecular complexity index is 1010. The summed E-state index contributed by atoms with van der Waals surface area (Å²) in [5, 5.41) is 12.5. The third-order valence-corrected chi connectivity index (χ3v) is 6.30. The Morgan fingerprint density at radius 2 is 1.89 bits per heavy atom. The van der Waals surface area contributed by atoms with Crippen molar-refractivity contribution in [3.63, 3.8) is 0 Å². The molecule has 1 heterocycles. The molecule has 0 saturated heterocycles. The van der Waals surface area contributed by atoms with Crippen LogP contribution >= 0.6 is 11.8 Å². The van der Waals surface area contributed by atoms with E-state index in [0.29, 0.717) is 13.0 Å². The molecule has 5 heteroatoms. The molecule has 2 aromatic carbocycles. The van der Waals surface area contributed by atoms with Gasteiger partial charge in [0.25, 0.3) is 0 Å². The van der Waals surface area contributed by atoms with E-state index in [9.17, 15) is 4.79 Å². The van der Waals surface area contributed by atoms with E-state index < -0.39 is 0 Å². The SMILES string of the molecule is O=c1nc(SCc2cccc3ccccc23)c2c(n1CCCO)CCCC2. The first-order valence-electron chi connectivity index (χ1n) is 9.61. The third-order valence-electron chi connectivity index (χ3n) is 5.23. The van der Waals surface area contributed by atoms with Crippen LogP contribution in [0, 0.1) is 0 Å². The highest BCUT2D eigenvalue weighted by atomic mass is 32.2. The molecule has 0 unspecified atom stereocenters. The highest BCUT2D eigenvalue weighted by molar-refractivity contribution is 7.98. The van der Waals surface area contributed by atoms with Crippen LogP contribution in [0.2, 0.25) is 0 Å². The van der Waals surface area contributed by atoms with Crippen LogP contribution in [-0.4, -0.2) is 21.3 Å². The summed E-state index contributed by atoms with van der Waals surface area (Å²) in [6, 6.07) is 14.8. The minimum atomic E-state index is -0.176. The van der Waals surface area contributed by atoms with Crippen molar-refractivity contribution in [2.24, 2.45) is 0 Å². The topological polar surface area (TPSA) is 55.1 Å². The number of hydrogen-bond donors (Lipinski definition) is 1. The van der Waals surface area contributed by atoms with Crippen molar-refractivity contribution in [3.8, 4) is 0 Å². The average Bonchev–Trinajstić information content (AvgIpc) is 2.71. The maximum atomic E-state index is 12.6. The fraction of sp³-hybridized carbons (Fsp3) is 0.364. The maximum absolute atomic E-state index is 12.6. The zero-order chi connectivity index (χ0) is 18.6. The molecule has 0 aliphatic heterocycles. The molecule has 3 aromatic rings. The van der Waals surface area contributed by atoms with Gasteiger partial charge >= 0.3 is 5.69 Å². The quantitative estimate of drug-likeness (QED) is 0.520. The number of fused-ring (bicyclic) bond motifs is 2. The predicted molar refractivity (Wildman–Crippen MR) is 110 cm³/mol. The number of nitrogens with zero attached hydrogens (tertiary/aromatic N) is 2. The van der Waals surface area contributed by atoms with Gasteiger partial charge in [-0.15, -0.1) is 11.8 Å². The molecular formula is C22H24N2O2S. The molecule has 4 rings (SSSR count). The molecule has 4 nitrogen and oxygen atoms in total. The first kappa shape index (κ1) is 18.3. The van der Waals surface area contributed by atoms with E-state index in [-0.39, 0.29) is 12.3 Å². The fourth-order valence-electron chi connectivity index (χ4n) is 3.89. The minimum Gasteiger partial charge on any atom is -0.396 e. The van der Waals surface area contributed by atoms with Gasteiger partial charge in [-0.3, -0.25) is 4.57 Å². The number of rotatable bonds is 6. The van der Waals surface area contributed by atoms with Gasteiger partial charge < -0.3 is 5.11 Å². The van der Waals surface area contributed by atoms with Gasteiger partial charge in [-0.2, -0.15) is 4.98 Å². The number of benzene rings is 2. The van der Waals surface area contributed by atoms with Gasteiger partial charge in [-0.25, -0.2) is 4.79 Å². The highest BCUT2D eigenvalue weighted by Gasteiger charge is 2.20. The summed E-state index contributed by atoms with van der Waals surface area (Å²) in [6.07, 6.45) is 4.77. The van der Waals surface area contributed by atoms with Crippen LogP contribution in [-0.2, 0) is 25.1 Å². The largest absolute Gasteiger partial charge is 0.396 e. The van der Waals surface area contributed by atoms with Gasteiger partial charge in [0, 0.05) is 30.2 Å². The second-order valence-corrected chi connectivity index (χ2v) is 7.95. The summed E-state index contributed by atoms with van der Waals surface area (Å²) in [5.41, 5.74) is 3.47. The van der Waals surface area contributed by atoms with Crippen LogP contribution in [0.3, 0.4) is 0 Å². The molecule has 0 spiro atoms. The lowest BCUT2D eigenvalue weighted by molar-refractivity contribution is 0.277. The Kier molecular flexibility index (Phi) is 5.60. The Balaban J connectivity index is 1.66. The normalized spacial score (nSPS) is 13.7. The molecule has 27 heavy (non-hydrogen) atoms. The second kappa shape index (κ2) is 8.28. The minimum absolute atomic E-state index is 0.0960. The molecule has 0 atom stereocenters. The summed E-state index contributed by atoms with van der Waals surface area (Å²) in [5.74, 6) is 0.806. The Morgan fingerprint density at radius 3 is 2.78 bits per heavy atom. The summed E-state index contributed by atoms with van der Waals surface area (Å²) in [7, 11) is 0. The Hall–Kier alpha value is -2.11. The van der Waals surface area contributed by atoms with E-state index in [1.165, 1.54) is 21.9 Å².